The number of benzene rings is 4. The fourth-order valence-corrected chi connectivity index (χ4v) is 5.12. The zero-order chi connectivity index (χ0) is 27.0. The van der Waals surface area contributed by atoms with E-state index in [1.54, 1.807) is 7.11 Å². The van der Waals surface area contributed by atoms with Gasteiger partial charge in [0.1, 0.15) is 17.3 Å². The number of aromatic nitrogens is 1. The zero-order valence-electron chi connectivity index (χ0n) is 22.5. The zero-order valence-corrected chi connectivity index (χ0v) is 22.5. The fraction of sp³-hybridized carbons (Fsp3) is 0.235. The Bertz CT molecular complexity index is 1430. The van der Waals surface area contributed by atoms with E-state index >= 15 is 4.39 Å². The minimum atomic E-state index is -0.252. The van der Waals surface area contributed by atoms with Crippen LogP contribution in [0.25, 0.3) is 10.9 Å². The van der Waals surface area contributed by atoms with Gasteiger partial charge < -0.3 is 14.5 Å². The number of methoxy groups -OCH3 is 1. The number of hydrogen-bond donors (Lipinski definition) is 1. The molecule has 0 saturated carbocycles. The Morgan fingerprint density at radius 3 is 2.23 bits per heavy atom. The van der Waals surface area contributed by atoms with E-state index in [9.17, 15) is 0 Å². The van der Waals surface area contributed by atoms with Gasteiger partial charge in [0.15, 0.2) is 0 Å². The van der Waals surface area contributed by atoms with Crippen LogP contribution < -0.4 is 9.47 Å². The van der Waals surface area contributed by atoms with Gasteiger partial charge >= 0.3 is 0 Å². The third kappa shape index (κ3) is 6.50. The van der Waals surface area contributed by atoms with Crippen molar-refractivity contribution in [1.29, 1.82) is 0 Å². The Balaban J connectivity index is 1.38. The van der Waals surface area contributed by atoms with E-state index in [0.717, 1.165) is 29.6 Å². The minimum absolute atomic E-state index is 0.144. The van der Waals surface area contributed by atoms with Gasteiger partial charge in [-0.3, -0.25) is 4.90 Å². The highest BCUT2D eigenvalue weighted by molar-refractivity contribution is 5.85. The molecule has 1 heterocycles. The highest BCUT2D eigenvalue weighted by Gasteiger charge is 2.23. The Labute approximate surface area is 230 Å². The van der Waals surface area contributed by atoms with Crippen molar-refractivity contribution in [3.63, 3.8) is 0 Å². The van der Waals surface area contributed by atoms with Crippen molar-refractivity contribution in [3.8, 4) is 11.5 Å². The highest BCUT2D eigenvalue weighted by atomic mass is 19.1. The summed E-state index contributed by atoms with van der Waals surface area (Å²) in [5, 5.41) is 1.08. The molecule has 0 amide bonds. The van der Waals surface area contributed by atoms with Gasteiger partial charge in [-0.15, -0.1) is 0 Å². The van der Waals surface area contributed by atoms with E-state index in [1.165, 1.54) is 17.2 Å². The van der Waals surface area contributed by atoms with E-state index in [4.69, 9.17) is 9.47 Å². The van der Waals surface area contributed by atoms with Gasteiger partial charge in [0.05, 0.1) is 13.7 Å². The van der Waals surface area contributed by atoms with Crippen molar-refractivity contribution >= 4 is 10.9 Å². The van der Waals surface area contributed by atoms with Crippen LogP contribution in [0.3, 0.4) is 0 Å². The number of H-pyrrole nitrogens is 1. The van der Waals surface area contributed by atoms with Gasteiger partial charge in [-0.05, 0) is 48.7 Å². The molecular formula is C34H35FN2O2. The van der Waals surface area contributed by atoms with Gasteiger partial charge in [-0.2, -0.15) is 0 Å². The summed E-state index contributed by atoms with van der Waals surface area (Å²) >= 11 is 0. The minimum Gasteiger partial charge on any atom is -0.497 e. The summed E-state index contributed by atoms with van der Waals surface area (Å²) < 4.78 is 26.6. The number of rotatable bonds is 12. The maximum atomic E-state index is 15.1. The predicted octanol–water partition coefficient (Wildman–Crippen LogP) is 7.81. The predicted molar refractivity (Wildman–Crippen MR) is 156 cm³/mol. The third-order valence-corrected chi connectivity index (χ3v) is 7.43. The normalized spacial score (nSPS) is 12.2. The molecule has 0 fully saturated rings. The SMILES string of the molecule is COc1ccc(CN(CC(c2ccccc2)c2ccccc2)[C@H](C)CCOc2cccc3[nH]ccc23)c(F)c1. The maximum absolute atomic E-state index is 15.1. The molecule has 0 bridgehead atoms. The molecule has 0 aliphatic carbocycles. The molecule has 0 aliphatic heterocycles. The fourth-order valence-electron chi connectivity index (χ4n) is 5.12. The molecule has 5 rings (SSSR count). The van der Waals surface area contributed by atoms with E-state index in [-0.39, 0.29) is 17.8 Å². The molecule has 0 unspecified atom stereocenters. The molecule has 0 aliphatic rings. The molecule has 1 N–H and O–H groups in total. The van der Waals surface area contributed by atoms with E-state index in [0.29, 0.717) is 24.5 Å². The molecule has 39 heavy (non-hydrogen) atoms. The van der Waals surface area contributed by atoms with Crippen LogP contribution in [0.4, 0.5) is 4.39 Å². The second-order valence-corrected chi connectivity index (χ2v) is 9.94. The van der Waals surface area contributed by atoms with Crippen molar-refractivity contribution in [2.75, 3.05) is 20.3 Å². The lowest BCUT2D eigenvalue weighted by atomic mass is 9.90. The van der Waals surface area contributed by atoms with Crippen molar-refractivity contribution in [3.05, 3.63) is 132 Å². The van der Waals surface area contributed by atoms with Gasteiger partial charge in [0.25, 0.3) is 0 Å². The largest absolute Gasteiger partial charge is 0.497 e. The van der Waals surface area contributed by atoms with E-state index < -0.39 is 0 Å². The van der Waals surface area contributed by atoms with Crippen molar-refractivity contribution in [1.82, 2.24) is 9.88 Å². The molecule has 4 aromatic carbocycles. The number of nitrogens with one attached hydrogen (secondary N) is 1. The number of fused-ring (bicyclic) bond motifs is 1. The molecular weight excluding hydrogens is 487 g/mol. The quantitative estimate of drug-likeness (QED) is 0.182. The van der Waals surface area contributed by atoms with Crippen LogP contribution >= 0.6 is 0 Å². The van der Waals surface area contributed by atoms with Crippen molar-refractivity contribution < 1.29 is 13.9 Å². The van der Waals surface area contributed by atoms with Crippen LogP contribution in [0, 0.1) is 5.82 Å². The number of nitrogens with zero attached hydrogens (tertiary/aromatic N) is 1. The second kappa shape index (κ2) is 12.6. The summed E-state index contributed by atoms with van der Waals surface area (Å²) in [6, 6.07) is 34.5. The van der Waals surface area contributed by atoms with E-state index in [2.05, 4.69) is 65.3 Å². The first kappa shape index (κ1) is 26.5. The van der Waals surface area contributed by atoms with E-state index in [1.807, 2.05) is 54.7 Å². The lowest BCUT2D eigenvalue weighted by molar-refractivity contribution is 0.161. The first-order valence-corrected chi connectivity index (χ1v) is 13.5. The summed E-state index contributed by atoms with van der Waals surface area (Å²) in [4.78, 5) is 5.61. The Morgan fingerprint density at radius 2 is 1.56 bits per heavy atom. The summed E-state index contributed by atoms with van der Waals surface area (Å²) in [5.74, 6) is 1.29. The second-order valence-electron chi connectivity index (χ2n) is 9.94. The number of aromatic amines is 1. The Kier molecular flexibility index (Phi) is 8.59. The molecule has 0 saturated heterocycles. The molecule has 200 valence electrons. The number of halogens is 1. The number of hydrogen-bond acceptors (Lipinski definition) is 3. The summed E-state index contributed by atoms with van der Waals surface area (Å²) in [6.07, 6.45) is 2.73. The van der Waals surface area contributed by atoms with Gasteiger partial charge in [0.2, 0.25) is 0 Å². The molecule has 5 aromatic rings. The Morgan fingerprint density at radius 1 is 0.846 bits per heavy atom. The average molecular weight is 523 g/mol. The molecule has 1 aromatic heterocycles. The molecule has 0 spiro atoms. The summed E-state index contributed by atoms with van der Waals surface area (Å²) in [7, 11) is 1.56. The van der Waals surface area contributed by atoms with Crippen molar-refractivity contribution in [2.24, 2.45) is 0 Å². The molecule has 0 radical (unpaired) electrons. The first-order chi connectivity index (χ1) is 19.1. The average Bonchev–Trinajstić information content (AvgIpc) is 3.47. The molecule has 4 nitrogen and oxygen atoms in total. The monoisotopic (exact) mass is 522 g/mol. The van der Waals surface area contributed by atoms with Gasteiger partial charge in [-0.1, -0.05) is 72.8 Å². The molecule has 5 heteroatoms. The maximum Gasteiger partial charge on any atom is 0.131 e. The topological polar surface area (TPSA) is 37.5 Å². The van der Waals surface area contributed by atoms with Crippen molar-refractivity contribution in [2.45, 2.75) is 31.8 Å². The van der Waals surface area contributed by atoms with Gasteiger partial charge in [-0.25, -0.2) is 4.39 Å². The van der Waals surface area contributed by atoms with Crippen LogP contribution in [0.2, 0.25) is 0 Å². The summed E-state index contributed by atoms with van der Waals surface area (Å²) in [5.41, 5.74) is 4.20. The van der Waals surface area contributed by atoms with Crippen LogP contribution in [-0.2, 0) is 6.54 Å². The van der Waals surface area contributed by atoms with Crippen LogP contribution in [0.5, 0.6) is 11.5 Å². The summed E-state index contributed by atoms with van der Waals surface area (Å²) in [6.45, 7) is 4.00. The standard InChI is InChI=1S/C34H35FN2O2/c1-25(19-21-39-34-15-9-14-33-30(34)18-20-36-33)37(23-28-16-17-29(38-2)22-32(28)35)24-31(26-10-5-3-6-11-26)27-12-7-4-8-13-27/h3-18,20,22,25,31,36H,19,21,23-24H2,1-2H3/t25-/m1/s1. The van der Waals surface area contributed by atoms with Crippen LogP contribution in [0.15, 0.2) is 109 Å². The lowest BCUT2D eigenvalue weighted by Crippen LogP contribution is -2.37. The third-order valence-electron chi connectivity index (χ3n) is 7.43. The first-order valence-electron chi connectivity index (χ1n) is 13.5. The Hall–Kier alpha value is -4.09. The molecule has 1 atom stereocenters. The van der Waals surface area contributed by atoms with Gasteiger partial charge in [0, 0.05) is 53.8 Å². The highest BCUT2D eigenvalue weighted by Crippen LogP contribution is 2.29. The number of ether oxygens (including phenoxy) is 2. The smallest absolute Gasteiger partial charge is 0.131 e. The van der Waals surface area contributed by atoms with Crippen LogP contribution in [-0.4, -0.2) is 36.2 Å². The van der Waals surface area contributed by atoms with Crippen LogP contribution in [0.1, 0.15) is 36.0 Å². The lowest BCUT2D eigenvalue weighted by Gasteiger charge is -2.33.